The van der Waals surface area contributed by atoms with Gasteiger partial charge < -0.3 is 10.5 Å². The number of nitrogens with two attached hydrogens (primary N) is 1. The zero-order valence-electron chi connectivity index (χ0n) is 9.17. The summed E-state index contributed by atoms with van der Waals surface area (Å²) in [7, 11) is 0. The van der Waals surface area contributed by atoms with Crippen LogP contribution in [0.5, 0.6) is 0 Å². The Kier molecular flexibility index (Phi) is 4.47. The van der Waals surface area contributed by atoms with Crippen LogP contribution in [0.3, 0.4) is 0 Å². The van der Waals surface area contributed by atoms with Crippen LogP contribution in [0.1, 0.15) is 18.6 Å². The highest BCUT2D eigenvalue weighted by molar-refractivity contribution is 5.19. The molecule has 2 N–H and O–H groups in total. The number of hydrogen-bond acceptors (Lipinski definition) is 2. The van der Waals surface area contributed by atoms with E-state index in [2.05, 4.69) is 0 Å². The van der Waals surface area contributed by atoms with Crippen molar-refractivity contribution in [3.63, 3.8) is 0 Å². The maximum absolute atomic E-state index is 12.7. The van der Waals surface area contributed by atoms with Crippen LogP contribution in [-0.2, 0) is 4.74 Å². The van der Waals surface area contributed by atoms with Gasteiger partial charge in [0.25, 0.3) is 0 Å². The summed E-state index contributed by atoms with van der Waals surface area (Å²) in [6.07, 6.45) is -5.31. The Morgan fingerprint density at radius 3 is 2.18 bits per heavy atom. The first-order valence-corrected chi connectivity index (χ1v) is 4.99. The van der Waals surface area contributed by atoms with Crippen molar-refractivity contribution in [2.75, 3.05) is 6.61 Å². The molecule has 0 aliphatic heterocycles. The van der Waals surface area contributed by atoms with E-state index in [1.165, 1.54) is 19.1 Å². The lowest BCUT2D eigenvalue weighted by atomic mass is 10.0. The molecule has 0 aromatic heterocycles. The van der Waals surface area contributed by atoms with E-state index < -0.39 is 30.7 Å². The summed E-state index contributed by atoms with van der Waals surface area (Å²) in [6, 6.07) is 4.41. The van der Waals surface area contributed by atoms with Crippen molar-refractivity contribution in [1.29, 1.82) is 0 Å². The average Bonchev–Trinajstić information content (AvgIpc) is 2.18. The maximum Gasteiger partial charge on any atom is 0.411 e. The summed E-state index contributed by atoms with van der Waals surface area (Å²) >= 11 is 0. The fourth-order valence-corrected chi connectivity index (χ4v) is 1.39. The molecular weight excluding hydrogens is 238 g/mol. The van der Waals surface area contributed by atoms with Crippen molar-refractivity contribution in [3.05, 3.63) is 35.6 Å². The lowest BCUT2D eigenvalue weighted by Gasteiger charge is -2.22. The van der Waals surface area contributed by atoms with Gasteiger partial charge in [-0.2, -0.15) is 13.2 Å². The van der Waals surface area contributed by atoms with E-state index in [-0.39, 0.29) is 0 Å². The molecule has 0 aliphatic rings. The average molecular weight is 251 g/mol. The zero-order chi connectivity index (χ0) is 13.1. The molecule has 96 valence electrons. The van der Waals surface area contributed by atoms with E-state index in [1.54, 1.807) is 0 Å². The molecule has 17 heavy (non-hydrogen) atoms. The van der Waals surface area contributed by atoms with Crippen LogP contribution < -0.4 is 5.73 Å². The molecule has 0 aliphatic carbocycles. The van der Waals surface area contributed by atoms with Crippen LogP contribution in [0.15, 0.2) is 24.3 Å². The summed E-state index contributed by atoms with van der Waals surface area (Å²) in [4.78, 5) is 0. The maximum atomic E-state index is 12.7. The molecule has 1 aromatic carbocycles. The van der Waals surface area contributed by atoms with Crippen LogP contribution in [0, 0.1) is 5.82 Å². The molecule has 2 nitrogen and oxygen atoms in total. The smallest absolute Gasteiger partial charge is 0.362 e. The molecule has 0 saturated heterocycles. The predicted octanol–water partition coefficient (Wildman–Crippen LogP) is 2.79. The number of alkyl halides is 3. The third-order valence-corrected chi connectivity index (χ3v) is 2.10. The van der Waals surface area contributed by atoms with Gasteiger partial charge in [0.15, 0.2) is 0 Å². The highest BCUT2D eigenvalue weighted by Gasteiger charge is 2.30. The first kappa shape index (κ1) is 13.9. The van der Waals surface area contributed by atoms with Crippen molar-refractivity contribution in [3.8, 4) is 0 Å². The van der Waals surface area contributed by atoms with Crippen molar-refractivity contribution in [2.45, 2.75) is 25.2 Å². The third-order valence-electron chi connectivity index (χ3n) is 2.10. The van der Waals surface area contributed by atoms with Crippen molar-refractivity contribution in [1.82, 2.24) is 0 Å². The predicted molar refractivity (Wildman–Crippen MR) is 54.8 cm³/mol. The van der Waals surface area contributed by atoms with Crippen LogP contribution >= 0.6 is 0 Å². The number of hydrogen-bond donors (Lipinski definition) is 1. The third kappa shape index (κ3) is 4.70. The van der Waals surface area contributed by atoms with Gasteiger partial charge in [-0.05, 0) is 24.6 Å². The van der Waals surface area contributed by atoms with Crippen molar-refractivity contribution >= 4 is 0 Å². The number of halogens is 4. The minimum absolute atomic E-state index is 0.422. The summed E-state index contributed by atoms with van der Waals surface area (Å²) < 4.78 is 53.5. The summed E-state index contributed by atoms with van der Waals surface area (Å²) in [5.41, 5.74) is 5.97. The molecule has 0 heterocycles. The summed E-state index contributed by atoms with van der Waals surface area (Å²) in [6.45, 7) is 0.154. The van der Waals surface area contributed by atoms with Gasteiger partial charge in [-0.15, -0.1) is 0 Å². The Hall–Kier alpha value is -1.14. The van der Waals surface area contributed by atoms with E-state index >= 15 is 0 Å². The molecule has 1 rings (SSSR count). The molecular formula is C11H13F4NO. The second kappa shape index (κ2) is 5.46. The Morgan fingerprint density at radius 2 is 1.76 bits per heavy atom. The molecule has 0 saturated carbocycles. The quantitative estimate of drug-likeness (QED) is 0.835. The largest absolute Gasteiger partial charge is 0.411 e. The fraction of sp³-hybridized carbons (Fsp3) is 0.455. The van der Waals surface area contributed by atoms with Gasteiger partial charge in [0.1, 0.15) is 12.4 Å². The van der Waals surface area contributed by atoms with E-state index in [0.29, 0.717) is 5.56 Å². The SMILES string of the molecule is CC(N)C(OCC(F)(F)F)c1ccc(F)cc1. The van der Waals surface area contributed by atoms with Gasteiger partial charge >= 0.3 is 6.18 Å². The highest BCUT2D eigenvalue weighted by atomic mass is 19.4. The van der Waals surface area contributed by atoms with Gasteiger partial charge in [-0.3, -0.25) is 0 Å². The van der Waals surface area contributed by atoms with E-state index in [9.17, 15) is 17.6 Å². The monoisotopic (exact) mass is 251 g/mol. The Labute approximate surface area is 96.4 Å². The number of ether oxygens (including phenoxy) is 1. The molecule has 0 spiro atoms. The molecule has 1 aromatic rings. The van der Waals surface area contributed by atoms with Crippen molar-refractivity contribution in [2.24, 2.45) is 5.73 Å². The van der Waals surface area contributed by atoms with Gasteiger partial charge in [0, 0.05) is 6.04 Å². The first-order valence-electron chi connectivity index (χ1n) is 4.99. The fourth-order valence-electron chi connectivity index (χ4n) is 1.39. The van der Waals surface area contributed by atoms with Crippen molar-refractivity contribution < 1.29 is 22.3 Å². The molecule has 0 fully saturated rings. The Morgan fingerprint density at radius 1 is 1.24 bits per heavy atom. The van der Waals surface area contributed by atoms with Gasteiger partial charge in [0.2, 0.25) is 0 Å². The molecule has 2 unspecified atom stereocenters. The van der Waals surface area contributed by atoms with Crippen LogP contribution in [-0.4, -0.2) is 18.8 Å². The minimum atomic E-state index is -4.41. The Balaban J connectivity index is 2.76. The van der Waals surface area contributed by atoms with Crippen LogP contribution in [0.2, 0.25) is 0 Å². The minimum Gasteiger partial charge on any atom is -0.362 e. The molecule has 2 atom stereocenters. The topological polar surface area (TPSA) is 35.2 Å². The van der Waals surface area contributed by atoms with E-state index in [0.717, 1.165) is 12.1 Å². The van der Waals surface area contributed by atoms with Gasteiger partial charge in [-0.25, -0.2) is 4.39 Å². The molecule has 0 radical (unpaired) electrons. The van der Waals surface area contributed by atoms with Gasteiger partial charge in [0.05, 0.1) is 6.10 Å². The second-order valence-electron chi connectivity index (χ2n) is 3.76. The normalized spacial score (nSPS) is 15.6. The Bertz CT molecular complexity index is 347. The van der Waals surface area contributed by atoms with Crippen LogP contribution in [0.25, 0.3) is 0 Å². The molecule has 0 amide bonds. The molecule has 0 bridgehead atoms. The second-order valence-corrected chi connectivity index (χ2v) is 3.76. The highest BCUT2D eigenvalue weighted by Crippen LogP contribution is 2.24. The molecule has 6 heteroatoms. The number of benzene rings is 1. The van der Waals surface area contributed by atoms with Gasteiger partial charge in [-0.1, -0.05) is 12.1 Å². The van der Waals surface area contributed by atoms with Crippen LogP contribution in [0.4, 0.5) is 17.6 Å². The first-order chi connectivity index (χ1) is 7.79. The summed E-state index contributed by atoms with van der Waals surface area (Å²) in [5.74, 6) is -0.465. The van der Waals surface area contributed by atoms with E-state index in [1.807, 2.05) is 0 Å². The zero-order valence-corrected chi connectivity index (χ0v) is 9.17. The lowest BCUT2D eigenvalue weighted by Crippen LogP contribution is -2.30. The summed E-state index contributed by atoms with van der Waals surface area (Å²) in [5, 5.41) is 0. The number of rotatable bonds is 4. The standard InChI is InChI=1S/C11H13F4NO/c1-7(16)10(17-6-11(13,14)15)8-2-4-9(12)5-3-8/h2-5,7,10H,6,16H2,1H3. The van der Waals surface area contributed by atoms with E-state index in [4.69, 9.17) is 10.5 Å². The lowest BCUT2D eigenvalue weighted by molar-refractivity contribution is -0.187.